The molecule has 0 aromatic heterocycles. The quantitative estimate of drug-likeness (QED) is 0.489. The molecule has 0 saturated carbocycles. The lowest BCUT2D eigenvalue weighted by Crippen LogP contribution is -2.21. The van der Waals surface area contributed by atoms with Crippen molar-refractivity contribution in [2.45, 2.75) is 46.0 Å². The molecule has 0 fully saturated rings. The van der Waals surface area contributed by atoms with Crippen molar-refractivity contribution in [3.05, 3.63) is 0 Å². The van der Waals surface area contributed by atoms with E-state index in [0.29, 0.717) is 19.3 Å². The summed E-state index contributed by atoms with van der Waals surface area (Å²) in [6, 6.07) is 0. The van der Waals surface area contributed by atoms with Gasteiger partial charge in [-0.2, -0.15) is 0 Å². The van der Waals surface area contributed by atoms with Gasteiger partial charge in [-0.25, -0.2) is 4.21 Å². The minimum Gasteiger partial charge on any atom is -0.481 e. The van der Waals surface area contributed by atoms with Gasteiger partial charge in [0.2, 0.25) is 0 Å². The number of aliphatic carboxylic acids is 1. The zero-order chi connectivity index (χ0) is 13.5. The Balaban J connectivity index is 3.85. The molecule has 2 N–H and O–H groups in total. The van der Waals surface area contributed by atoms with Crippen LogP contribution in [0.25, 0.3) is 0 Å². The number of unbranched alkanes of at least 4 members (excludes halogenated alkanes) is 1. The van der Waals surface area contributed by atoms with Crippen molar-refractivity contribution in [2.24, 2.45) is 5.41 Å². The van der Waals surface area contributed by atoms with Crippen molar-refractivity contribution in [2.75, 3.05) is 5.75 Å². The van der Waals surface area contributed by atoms with Gasteiger partial charge >= 0.3 is 5.97 Å². The van der Waals surface area contributed by atoms with Crippen molar-refractivity contribution in [1.29, 1.82) is 0 Å². The third kappa shape index (κ3) is 10.1. The monoisotopic (exact) mass is 264 g/mol. The minimum absolute atomic E-state index is 0.0139. The summed E-state index contributed by atoms with van der Waals surface area (Å²) >= 11 is -1.80. The summed E-state index contributed by atoms with van der Waals surface area (Å²) in [5.41, 5.74) is -0.525. The number of rotatable bonds is 9. The number of carbonyl (C=O) groups excluding carboxylic acids is 1. The second-order valence-corrected chi connectivity index (χ2v) is 5.98. The molecular weight excluding hydrogens is 244 g/mol. The summed E-state index contributed by atoms with van der Waals surface area (Å²) in [5.74, 6) is -0.704. The van der Waals surface area contributed by atoms with E-state index in [9.17, 15) is 13.8 Å². The van der Waals surface area contributed by atoms with Crippen LogP contribution in [0.4, 0.5) is 0 Å². The van der Waals surface area contributed by atoms with E-state index in [4.69, 9.17) is 9.66 Å². The Labute approximate surface area is 104 Å². The number of hydrogen-bond acceptors (Lipinski definition) is 3. The standard InChI is InChI=1S/C11H20O5S/c1-11(2,8-10(13)14)7-9(12)5-3-4-6-17(15)16/h3-8H2,1-2H3,(H,13,14)(H,15,16). The molecule has 17 heavy (non-hydrogen) atoms. The molecule has 0 bridgehead atoms. The number of hydrogen-bond donors (Lipinski definition) is 2. The normalized spacial score (nSPS) is 13.4. The van der Waals surface area contributed by atoms with Crippen LogP contribution in [0.1, 0.15) is 46.0 Å². The Morgan fingerprint density at radius 2 is 1.76 bits per heavy atom. The second kappa shape index (κ2) is 7.55. The Morgan fingerprint density at radius 1 is 1.18 bits per heavy atom. The van der Waals surface area contributed by atoms with Crippen molar-refractivity contribution in [1.82, 2.24) is 0 Å². The van der Waals surface area contributed by atoms with E-state index in [1.165, 1.54) is 0 Å². The van der Waals surface area contributed by atoms with Crippen molar-refractivity contribution in [3.63, 3.8) is 0 Å². The van der Waals surface area contributed by atoms with E-state index in [1.54, 1.807) is 13.8 Å². The molecule has 5 nitrogen and oxygen atoms in total. The summed E-state index contributed by atoms with van der Waals surface area (Å²) < 4.78 is 18.9. The second-order valence-electron chi connectivity index (χ2n) is 4.93. The first-order valence-electron chi connectivity index (χ1n) is 5.54. The van der Waals surface area contributed by atoms with E-state index in [0.717, 1.165) is 0 Å². The van der Waals surface area contributed by atoms with Crippen LogP contribution in [0.2, 0.25) is 0 Å². The van der Waals surface area contributed by atoms with Crippen LogP contribution >= 0.6 is 0 Å². The molecule has 0 spiro atoms. The lowest BCUT2D eigenvalue weighted by atomic mass is 9.83. The highest BCUT2D eigenvalue weighted by molar-refractivity contribution is 7.79. The van der Waals surface area contributed by atoms with Crippen molar-refractivity contribution in [3.8, 4) is 0 Å². The van der Waals surface area contributed by atoms with Gasteiger partial charge in [0.15, 0.2) is 11.1 Å². The molecule has 0 aliphatic carbocycles. The average Bonchev–Trinajstić information content (AvgIpc) is 2.08. The highest BCUT2D eigenvalue weighted by atomic mass is 32.2. The Bertz CT molecular complexity index is 298. The molecule has 0 radical (unpaired) electrons. The summed E-state index contributed by atoms with van der Waals surface area (Å²) in [4.78, 5) is 22.1. The van der Waals surface area contributed by atoms with E-state index < -0.39 is 22.5 Å². The largest absolute Gasteiger partial charge is 0.481 e. The SMILES string of the molecule is CC(C)(CC(=O)O)CC(=O)CCCCS(=O)O. The first kappa shape index (κ1) is 16.2. The van der Waals surface area contributed by atoms with Crippen LogP contribution in [-0.4, -0.2) is 31.4 Å². The number of Topliss-reactive ketones (excluding diaryl/α,β-unsaturated/α-hetero) is 1. The Hall–Kier alpha value is -0.750. The lowest BCUT2D eigenvalue weighted by Gasteiger charge is -2.21. The van der Waals surface area contributed by atoms with Gasteiger partial charge in [0.05, 0.1) is 6.42 Å². The molecular formula is C11H20O5S. The maximum absolute atomic E-state index is 11.6. The number of ketones is 1. The highest BCUT2D eigenvalue weighted by Gasteiger charge is 2.24. The zero-order valence-electron chi connectivity index (χ0n) is 10.3. The highest BCUT2D eigenvalue weighted by Crippen LogP contribution is 2.26. The van der Waals surface area contributed by atoms with Gasteiger partial charge in [0, 0.05) is 18.6 Å². The van der Waals surface area contributed by atoms with E-state index in [1.807, 2.05) is 0 Å². The van der Waals surface area contributed by atoms with E-state index in [2.05, 4.69) is 0 Å². The molecule has 1 atom stereocenters. The van der Waals surface area contributed by atoms with Crippen LogP contribution in [-0.2, 0) is 20.7 Å². The molecule has 0 heterocycles. The van der Waals surface area contributed by atoms with Crippen molar-refractivity contribution >= 4 is 22.8 Å². The fourth-order valence-electron chi connectivity index (χ4n) is 1.64. The number of carboxylic acids is 1. The predicted molar refractivity (Wildman–Crippen MR) is 65.1 cm³/mol. The Morgan fingerprint density at radius 3 is 2.24 bits per heavy atom. The molecule has 0 aliphatic heterocycles. The van der Waals surface area contributed by atoms with Gasteiger partial charge in [-0.05, 0) is 18.3 Å². The fraction of sp³-hybridized carbons (Fsp3) is 0.818. The molecule has 0 aromatic carbocycles. The smallest absolute Gasteiger partial charge is 0.303 e. The first-order chi connectivity index (χ1) is 7.73. The molecule has 0 aromatic rings. The van der Waals surface area contributed by atoms with E-state index >= 15 is 0 Å². The molecule has 1 unspecified atom stereocenters. The van der Waals surface area contributed by atoms with Gasteiger partial charge in [-0.15, -0.1) is 0 Å². The fourth-order valence-corrected chi connectivity index (χ4v) is 2.09. The molecule has 6 heteroatoms. The summed E-state index contributed by atoms with van der Waals surface area (Å²) in [5, 5.41) is 8.66. The van der Waals surface area contributed by atoms with Gasteiger partial charge < -0.3 is 9.66 Å². The van der Waals surface area contributed by atoms with Crippen molar-refractivity contribution < 1.29 is 23.5 Å². The molecule has 0 saturated heterocycles. The Kier molecular flexibility index (Phi) is 7.22. The van der Waals surface area contributed by atoms with Crippen LogP contribution in [0, 0.1) is 5.41 Å². The first-order valence-corrected chi connectivity index (χ1v) is 6.81. The molecule has 100 valence electrons. The zero-order valence-corrected chi connectivity index (χ0v) is 11.1. The third-order valence-corrected chi connectivity index (χ3v) is 2.97. The van der Waals surface area contributed by atoms with Crippen LogP contribution in [0.15, 0.2) is 0 Å². The van der Waals surface area contributed by atoms with Crippen LogP contribution in [0.5, 0.6) is 0 Å². The number of carbonyl (C=O) groups is 2. The summed E-state index contributed by atoms with van der Waals surface area (Å²) in [6.07, 6.45) is 1.67. The van der Waals surface area contributed by atoms with Gasteiger partial charge in [0.25, 0.3) is 0 Å². The van der Waals surface area contributed by atoms with Crippen LogP contribution in [0.3, 0.4) is 0 Å². The van der Waals surface area contributed by atoms with Gasteiger partial charge in [-0.1, -0.05) is 13.8 Å². The lowest BCUT2D eigenvalue weighted by molar-refractivity contribution is -0.139. The topological polar surface area (TPSA) is 91.7 Å². The molecule has 0 aliphatic rings. The number of carboxylic acid groups (broad SMARTS) is 1. The molecule has 0 amide bonds. The third-order valence-electron chi connectivity index (χ3n) is 2.33. The summed E-state index contributed by atoms with van der Waals surface area (Å²) in [6.45, 7) is 3.50. The maximum atomic E-state index is 11.6. The molecule has 0 rings (SSSR count). The van der Waals surface area contributed by atoms with Gasteiger partial charge in [-0.3, -0.25) is 9.59 Å². The summed E-state index contributed by atoms with van der Waals surface area (Å²) in [7, 11) is 0. The average molecular weight is 264 g/mol. The van der Waals surface area contributed by atoms with Crippen LogP contribution < -0.4 is 0 Å². The van der Waals surface area contributed by atoms with Gasteiger partial charge in [0.1, 0.15) is 5.78 Å². The maximum Gasteiger partial charge on any atom is 0.303 e. The minimum atomic E-state index is -1.80. The van der Waals surface area contributed by atoms with E-state index in [-0.39, 0.29) is 24.4 Å². The predicted octanol–water partition coefficient (Wildman–Crippen LogP) is 1.84.